The largest absolute Gasteiger partial charge is 0.370 e. The summed E-state index contributed by atoms with van der Waals surface area (Å²) in [7, 11) is 1.81. The molecular formula is C14H16N2O2. The van der Waals surface area contributed by atoms with Crippen molar-refractivity contribution in [3.8, 4) is 0 Å². The summed E-state index contributed by atoms with van der Waals surface area (Å²) in [6.07, 6.45) is 0. The van der Waals surface area contributed by atoms with Gasteiger partial charge in [-0.25, -0.2) is 0 Å². The van der Waals surface area contributed by atoms with Crippen LogP contribution in [0, 0.1) is 5.92 Å². The minimum absolute atomic E-state index is 0.0562. The van der Waals surface area contributed by atoms with Crippen LogP contribution in [0.15, 0.2) is 41.6 Å². The number of benzene rings is 1. The third-order valence-electron chi connectivity index (χ3n) is 3.33. The Balaban J connectivity index is 2.38. The number of allylic oxidation sites excluding steroid dienone is 1. The normalized spacial score (nSPS) is 19.2. The highest BCUT2D eigenvalue weighted by atomic mass is 16.1. The quantitative estimate of drug-likeness (QED) is 0.812. The highest BCUT2D eigenvalue weighted by molar-refractivity contribution is 6.09. The first-order chi connectivity index (χ1) is 8.52. The van der Waals surface area contributed by atoms with Crippen molar-refractivity contribution in [1.29, 1.82) is 0 Å². The van der Waals surface area contributed by atoms with Gasteiger partial charge in [0.1, 0.15) is 0 Å². The number of rotatable bonds is 3. The first-order valence-corrected chi connectivity index (χ1v) is 5.83. The minimum Gasteiger partial charge on any atom is -0.370 e. The molecule has 94 valence electrons. The van der Waals surface area contributed by atoms with E-state index in [9.17, 15) is 9.59 Å². The average molecular weight is 244 g/mol. The number of primary amides is 1. The van der Waals surface area contributed by atoms with Gasteiger partial charge in [-0.2, -0.15) is 0 Å². The van der Waals surface area contributed by atoms with Gasteiger partial charge in [0.15, 0.2) is 0 Å². The van der Waals surface area contributed by atoms with Gasteiger partial charge < -0.3 is 10.6 Å². The van der Waals surface area contributed by atoms with Gasteiger partial charge >= 0.3 is 0 Å². The summed E-state index contributed by atoms with van der Waals surface area (Å²) in [4.78, 5) is 25.5. The van der Waals surface area contributed by atoms with E-state index in [0.717, 1.165) is 5.57 Å². The summed E-state index contributed by atoms with van der Waals surface area (Å²) < 4.78 is 0. The number of nitrogens with two attached hydrogens (primary N) is 1. The number of hydrogen-bond donors (Lipinski definition) is 1. The van der Waals surface area contributed by atoms with Gasteiger partial charge in [-0.1, -0.05) is 30.3 Å². The standard InChI is InChI=1S/C14H16N2O2/c1-9-11(14(15)18)8-16(2)12(9)13(17)10-6-4-3-5-7-10/h3-7,11H,8H2,1-2H3,(H2,15,18). The smallest absolute Gasteiger partial charge is 0.226 e. The van der Waals surface area contributed by atoms with Gasteiger partial charge in [0.2, 0.25) is 11.7 Å². The summed E-state index contributed by atoms with van der Waals surface area (Å²) in [5.41, 5.74) is 7.32. The maximum absolute atomic E-state index is 12.4. The molecule has 2 rings (SSSR count). The SMILES string of the molecule is CC1=C(C(=O)c2ccccc2)N(C)CC1C(N)=O. The van der Waals surface area contributed by atoms with Crippen molar-refractivity contribution in [2.75, 3.05) is 13.6 Å². The van der Waals surface area contributed by atoms with E-state index in [4.69, 9.17) is 5.73 Å². The Morgan fingerprint density at radius 1 is 1.28 bits per heavy atom. The van der Waals surface area contributed by atoms with Crippen molar-refractivity contribution in [3.63, 3.8) is 0 Å². The zero-order valence-electron chi connectivity index (χ0n) is 10.5. The van der Waals surface area contributed by atoms with Crippen molar-refractivity contribution in [2.45, 2.75) is 6.92 Å². The fourth-order valence-corrected chi connectivity index (χ4v) is 2.35. The zero-order chi connectivity index (χ0) is 13.3. The van der Waals surface area contributed by atoms with E-state index in [1.54, 1.807) is 24.0 Å². The van der Waals surface area contributed by atoms with E-state index in [0.29, 0.717) is 17.8 Å². The lowest BCUT2D eigenvalue weighted by Gasteiger charge is -2.15. The number of ketones is 1. The minimum atomic E-state index is -0.379. The Kier molecular flexibility index (Phi) is 3.19. The predicted molar refractivity (Wildman–Crippen MR) is 68.8 cm³/mol. The van der Waals surface area contributed by atoms with E-state index in [-0.39, 0.29) is 17.6 Å². The van der Waals surface area contributed by atoms with Crippen LogP contribution < -0.4 is 5.73 Å². The Hall–Kier alpha value is -2.10. The molecule has 0 spiro atoms. The molecule has 0 saturated heterocycles. The number of amides is 1. The van der Waals surface area contributed by atoms with E-state index in [1.807, 2.05) is 25.2 Å². The lowest BCUT2D eigenvalue weighted by molar-refractivity contribution is -0.120. The molecule has 1 aromatic carbocycles. The lowest BCUT2D eigenvalue weighted by atomic mass is 9.99. The molecule has 4 heteroatoms. The van der Waals surface area contributed by atoms with Crippen LogP contribution in [0.5, 0.6) is 0 Å². The van der Waals surface area contributed by atoms with Crippen molar-refractivity contribution in [2.24, 2.45) is 11.7 Å². The van der Waals surface area contributed by atoms with Crippen LogP contribution in [0.25, 0.3) is 0 Å². The Labute approximate surface area is 106 Å². The Morgan fingerprint density at radius 3 is 2.39 bits per heavy atom. The van der Waals surface area contributed by atoms with Crippen molar-refractivity contribution in [3.05, 3.63) is 47.2 Å². The van der Waals surface area contributed by atoms with E-state index in [1.165, 1.54) is 0 Å². The molecule has 2 N–H and O–H groups in total. The summed E-state index contributed by atoms with van der Waals surface area (Å²) in [5.74, 6) is -0.799. The molecule has 1 aliphatic rings. The maximum Gasteiger partial charge on any atom is 0.226 e. The fraction of sp³-hybridized carbons (Fsp3) is 0.286. The highest BCUT2D eigenvalue weighted by Gasteiger charge is 2.33. The van der Waals surface area contributed by atoms with Crippen molar-refractivity contribution >= 4 is 11.7 Å². The van der Waals surface area contributed by atoms with Crippen LogP contribution in [-0.4, -0.2) is 30.2 Å². The van der Waals surface area contributed by atoms with Crippen LogP contribution in [0.1, 0.15) is 17.3 Å². The fourth-order valence-electron chi connectivity index (χ4n) is 2.35. The third-order valence-corrected chi connectivity index (χ3v) is 3.33. The zero-order valence-corrected chi connectivity index (χ0v) is 10.5. The van der Waals surface area contributed by atoms with Gasteiger partial charge in [0, 0.05) is 19.2 Å². The van der Waals surface area contributed by atoms with Crippen molar-refractivity contribution in [1.82, 2.24) is 4.90 Å². The molecule has 0 radical (unpaired) electrons. The van der Waals surface area contributed by atoms with E-state index in [2.05, 4.69) is 0 Å². The molecule has 4 nitrogen and oxygen atoms in total. The summed E-state index contributed by atoms with van der Waals surface area (Å²) >= 11 is 0. The van der Waals surface area contributed by atoms with Crippen molar-refractivity contribution < 1.29 is 9.59 Å². The predicted octanol–water partition coefficient (Wildman–Crippen LogP) is 1.19. The monoisotopic (exact) mass is 244 g/mol. The van der Waals surface area contributed by atoms with Gasteiger partial charge in [0.25, 0.3) is 0 Å². The Morgan fingerprint density at radius 2 is 1.89 bits per heavy atom. The molecule has 0 aromatic heterocycles. The molecule has 18 heavy (non-hydrogen) atoms. The second kappa shape index (κ2) is 4.64. The van der Waals surface area contributed by atoms with Crippen LogP contribution in [0.3, 0.4) is 0 Å². The summed E-state index contributed by atoms with van der Waals surface area (Å²) in [5, 5.41) is 0. The van der Waals surface area contributed by atoms with Gasteiger partial charge in [-0.05, 0) is 12.5 Å². The second-order valence-electron chi connectivity index (χ2n) is 4.56. The Bertz CT molecular complexity index is 520. The second-order valence-corrected chi connectivity index (χ2v) is 4.56. The molecule has 0 saturated carbocycles. The highest BCUT2D eigenvalue weighted by Crippen LogP contribution is 2.28. The van der Waals surface area contributed by atoms with E-state index >= 15 is 0 Å². The van der Waals surface area contributed by atoms with Crippen LogP contribution in [-0.2, 0) is 4.79 Å². The number of hydrogen-bond acceptors (Lipinski definition) is 3. The van der Waals surface area contributed by atoms with Gasteiger partial charge in [0.05, 0.1) is 11.6 Å². The molecule has 0 bridgehead atoms. The summed E-state index contributed by atoms with van der Waals surface area (Å²) in [6, 6.07) is 9.05. The molecule has 1 aromatic rings. The number of likely N-dealkylation sites (N-methyl/N-ethyl adjacent to an activating group) is 1. The molecular weight excluding hydrogens is 228 g/mol. The van der Waals surface area contributed by atoms with Crippen LogP contribution in [0.2, 0.25) is 0 Å². The molecule has 1 heterocycles. The van der Waals surface area contributed by atoms with E-state index < -0.39 is 0 Å². The third kappa shape index (κ3) is 2.01. The number of carbonyl (C=O) groups excluding carboxylic acids is 2. The van der Waals surface area contributed by atoms with Crippen LogP contribution >= 0.6 is 0 Å². The topological polar surface area (TPSA) is 63.4 Å². The molecule has 1 atom stereocenters. The molecule has 0 aliphatic carbocycles. The maximum atomic E-state index is 12.4. The molecule has 0 fully saturated rings. The molecule has 1 unspecified atom stereocenters. The molecule has 1 amide bonds. The number of nitrogens with zero attached hydrogens (tertiary/aromatic N) is 1. The number of Topliss-reactive ketones (excluding diaryl/α,β-unsaturated/α-hetero) is 1. The molecule has 1 aliphatic heterocycles. The van der Waals surface area contributed by atoms with Gasteiger partial charge in [-0.3, -0.25) is 9.59 Å². The lowest BCUT2D eigenvalue weighted by Crippen LogP contribution is -2.28. The van der Waals surface area contributed by atoms with Crippen LogP contribution in [0.4, 0.5) is 0 Å². The first kappa shape index (κ1) is 12.4. The average Bonchev–Trinajstić information content (AvgIpc) is 2.65. The first-order valence-electron chi connectivity index (χ1n) is 5.83. The number of carbonyl (C=O) groups is 2. The summed E-state index contributed by atoms with van der Waals surface area (Å²) in [6.45, 7) is 2.28. The van der Waals surface area contributed by atoms with Gasteiger partial charge in [-0.15, -0.1) is 0 Å².